The Hall–Kier alpha value is -2.14. The molecule has 0 bridgehead atoms. The highest BCUT2D eigenvalue weighted by Gasteiger charge is 2.25. The molecule has 0 N–H and O–H groups in total. The van der Waals surface area contributed by atoms with Crippen LogP contribution >= 0.6 is 11.6 Å². The number of carbonyl (C=O) groups excluding carboxylic acids is 1. The second-order valence-corrected chi connectivity index (χ2v) is 7.49. The molecular weight excluding hydrogens is 372 g/mol. The number of hydrogen-bond acceptors (Lipinski definition) is 4. The van der Waals surface area contributed by atoms with Crippen LogP contribution in [0.3, 0.4) is 0 Å². The number of likely N-dealkylation sites (N-methyl/N-ethyl adjacent to an activating group) is 1. The molecule has 1 atom stereocenters. The number of carbonyl (C=O) groups is 1. The quantitative estimate of drug-likeness (QED) is 0.538. The number of nitrogens with zero attached hydrogens (tertiary/aromatic N) is 2. The standard InChI is InChI=1S/C23H27ClN2O2/c1-3-28-22(27)12-7-18-5-4-6-20(17-18)23(19-8-10-21(24)11-9-19)26-15-13-25(2)14-16-26/h4-12,17,23H,3,13-16H2,1-2H3. The first-order valence-corrected chi connectivity index (χ1v) is 10.1. The molecule has 1 fully saturated rings. The highest BCUT2D eigenvalue weighted by molar-refractivity contribution is 6.30. The molecule has 2 aromatic rings. The van der Waals surface area contributed by atoms with Gasteiger partial charge in [0.2, 0.25) is 0 Å². The van der Waals surface area contributed by atoms with Gasteiger partial charge in [-0.2, -0.15) is 0 Å². The number of rotatable bonds is 6. The summed E-state index contributed by atoms with van der Waals surface area (Å²) in [4.78, 5) is 16.5. The smallest absolute Gasteiger partial charge is 0.330 e. The molecule has 1 unspecified atom stereocenters. The van der Waals surface area contributed by atoms with Crippen LogP contribution in [0.25, 0.3) is 6.08 Å². The van der Waals surface area contributed by atoms with E-state index in [1.54, 1.807) is 6.92 Å². The Bertz CT molecular complexity index is 812. The molecule has 0 amide bonds. The normalized spacial score (nSPS) is 17.0. The number of hydrogen-bond donors (Lipinski definition) is 0. The minimum absolute atomic E-state index is 0.155. The van der Waals surface area contributed by atoms with Crippen molar-refractivity contribution >= 4 is 23.6 Å². The topological polar surface area (TPSA) is 32.8 Å². The van der Waals surface area contributed by atoms with Crippen LogP contribution in [-0.2, 0) is 9.53 Å². The van der Waals surface area contributed by atoms with Gasteiger partial charge in [-0.1, -0.05) is 41.9 Å². The van der Waals surface area contributed by atoms with Crippen LogP contribution in [-0.4, -0.2) is 55.6 Å². The largest absolute Gasteiger partial charge is 0.463 e. The average molecular weight is 399 g/mol. The summed E-state index contributed by atoms with van der Waals surface area (Å²) < 4.78 is 4.98. The zero-order valence-corrected chi connectivity index (χ0v) is 17.2. The highest BCUT2D eigenvalue weighted by Crippen LogP contribution is 2.31. The minimum Gasteiger partial charge on any atom is -0.463 e. The van der Waals surface area contributed by atoms with Crippen molar-refractivity contribution in [2.45, 2.75) is 13.0 Å². The van der Waals surface area contributed by atoms with E-state index in [1.165, 1.54) is 17.2 Å². The number of benzene rings is 2. The Labute approximate surface area is 172 Å². The van der Waals surface area contributed by atoms with Gasteiger partial charge in [0.15, 0.2) is 0 Å². The molecule has 0 saturated carbocycles. The van der Waals surface area contributed by atoms with E-state index in [0.717, 1.165) is 36.8 Å². The molecule has 0 aliphatic carbocycles. The van der Waals surface area contributed by atoms with Crippen LogP contribution in [0.2, 0.25) is 5.02 Å². The molecule has 1 aliphatic rings. The number of piperazine rings is 1. The van der Waals surface area contributed by atoms with Gasteiger partial charge in [0.05, 0.1) is 12.6 Å². The highest BCUT2D eigenvalue weighted by atomic mass is 35.5. The Morgan fingerprint density at radius 2 is 1.82 bits per heavy atom. The van der Waals surface area contributed by atoms with E-state index in [1.807, 2.05) is 30.3 Å². The third-order valence-corrected chi connectivity index (χ3v) is 5.27. The van der Waals surface area contributed by atoms with Crippen molar-refractivity contribution in [3.8, 4) is 0 Å². The van der Waals surface area contributed by atoms with Gasteiger partial charge in [0.25, 0.3) is 0 Å². The number of esters is 1. The van der Waals surface area contributed by atoms with Gasteiger partial charge in [-0.3, -0.25) is 4.90 Å². The van der Waals surface area contributed by atoms with E-state index >= 15 is 0 Å². The molecule has 5 heteroatoms. The molecule has 148 valence electrons. The van der Waals surface area contributed by atoms with Gasteiger partial charge in [0, 0.05) is 37.3 Å². The molecule has 28 heavy (non-hydrogen) atoms. The summed E-state index contributed by atoms with van der Waals surface area (Å²) in [5.74, 6) is -0.318. The maximum Gasteiger partial charge on any atom is 0.330 e. The van der Waals surface area contributed by atoms with E-state index in [-0.39, 0.29) is 12.0 Å². The Balaban J connectivity index is 1.90. The lowest BCUT2D eigenvalue weighted by molar-refractivity contribution is -0.137. The second kappa shape index (κ2) is 9.87. The van der Waals surface area contributed by atoms with Crippen molar-refractivity contribution in [3.63, 3.8) is 0 Å². The van der Waals surface area contributed by atoms with Crippen LogP contribution < -0.4 is 0 Å². The first-order valence-electron chi connectivity index (χ1n) is 9.69. The van der Waals surface area contributed by atoms with Crippen molar-refractivity contribution in [2.75, 3.05) is 39.8 Å². The molecular formula is C23H27ClN2O2. The third kappa shape index (κ3) is 5.44. The Morgan fingerprint density at radius 3 is 2.50 bits per heavy atom. The van der Waals surface area contributed by atoms with Gasteiger partial charge in [-0.25, -0.2) is 4.79 Å². The molecule has 0 radical (unpaired) electrons. The monoisotopic (exact) mass is 398 g/mol. The van der Waals surface area contributed by atoms with Crippen LogP contribution in [0.15, 0.2) is 54.6 Å². The Kier molecular flexibility index (Phi) is 7.26. The fourth-order valence-corrected chi connectivity index (χ4v) is 3.65. The summed E-state index contributed by atoms with van der Waals surface area (Å²) in [5.41, 5.74) is 3.41. The molecule has 3 rings (SSSR count). The second-order valence-electron chi connectivity index (χ2n) is 7.05. The molecule has 0 aromatic heterocycles. The van der Waals surface area contributed by atoms with Crippen LogP contribution in [0.5, 0.6) is 0 Å². The number of ether oxygens (including phenoxy) is 1. The molecule has 2 aromatic carbocycles. The summed E-state index contributed by atoms with van der Waals surface area (Å²) in [6, 6.07) is 16.6. The van der Waals surface area contributed by atoms with Gasteiger partial charge in [-0.05, 0) is 54.9 Å². The van der Waals surface area contributed by atoms with Gasteiger partial charge >= 0.3 is 5.97 Å². The fraction of sp³-hybridized carbons (Fsp3) is 0.348. The average Bonchev–Trinajstić information content (AvgIpc) is 2.70. The van der Waals surface area contributed by atoms with Crippen molar-refractivity contribution < 1.29 is 9.53 Å². The van der Waals surface area contributed by atoms with E-state index in [2.05, 4.69) is 41.1 Å². The summed E-state index contributed by atoms with van der Waals surface area (Å²) in [5, 5.41) is 0.743. The molecule has 0 spiro atoms. The first kappa shape index (κ1) is 20.6. The Morgan fingerprint density at radius 1 is 1.11 bits per heavy atom. The lowest BCUT2D eigenvalue weighted by atomic mass is 9.95. The van der Waals surface area contributed by atoms with E-state index in [4.69, 9.17) is 16.3 Å². The molecule has 1 saturated heterocycles. The van der Waals surface area contributed by atoms with E-state index in [0.29, 0.717) is 6.61 Å². The predicted octanol–water partition coefficient (Wildman–Crippen LogP) is 4.25. The van der Waals surface area contributed by atoms with Crippen molar-refractivity contribution in [1.82, 2.24) is 9.80 Å². The van der Waals surface area contributed by atoms with Crippen molar-refractivity contribution in [3.05, 3.63) is 76.3 Å². The zero-order valence-electron chi connectivity index (χ0n) is 16.5. The number of halogens is 1. The SMILES string of the molecule is CCOC(=O)C=Cc1cccc(C(c2ccc(Cl)cc2)N2CCN(C)CC2)c1. The van der Waals surface area contributed by atoms with Gasteiger partial charge in [0.1, 0.15) is 0 Å². The molecule has 1 heterocycles. The summed E-state index contributed by atoms with van der Waals surface area (Å²) in [7, 11) is 2.16. The van der Waals surface area contributed by atoms with Gasteiger partial charge < -0.3 is 9.64 Å². The van der Waals surface area contributed by atoms with E-state index < -0.39 is 0 Å². The fourth-order valence-electron chi connectivity index (χ4n) is 3.53. The lowest BCUT2D eigenvalue weighted by Crippen LogP contribution is -2.46. The third-order valence-electron chi connectivity index (χ3n) is 5.01. The maximum atomic E-state index is 11.6. The van der Waals surface area contributed by atoms with Crippen LogP contribution in [0.1, 0.15) is 29.7 Å². The van der Waals surface area contributed by atoms with Crippen molar-refractivity contribution in [2.24, 2.45) is 0 Å². The van der Waals surface area contributed by atoms with Crippen molar-refractivity contribution in [1.29, 1.82) is 0 Å². The molecule has 1 aliphatic heterocycles. The summed E-state index contributed by atoms with van der Waals surface area (Å²) in [6.45, 7) is 6.29. The van der Waals surface area contributed by atoms with Gasteiger partial charge in [-0.15, -0.1) is 0 Å². The molecule has 4 nitrogen and oxygen atoms in total. The summed E-state index contributed by atoms with van der Waals surface area (Å²) in [6.07, 6.45) is 3.29. The van der Waals surface area contributed by atoms with Crippen LogP contribution in [0.4, 0.5) is 0 Å². The zero-order chi connectivity index (χ0) is 19.9. The summed E-state index contributed by atoms with van der Waals surface area (Å²) >= 11 is 6.12. The van der Waals surface area contributed by atoms with E-state index in [9.17, 15) is 4.79 Å². The lowest BCUT2D eigenvalue weighted by Gasteiger charge is -2.38. The maximum absolute atomic E-state index is 11.6. The first-order chi connectivity index (χ1) is 13.6. The van der Waals surface area contributed by atoms with Crippen LogP contribution in [0, 0.1) is 0 Å². The minimum atomic E-state index is -0.318. The predicted molar refractivity (Wildman–Crippen MR) is 114 cm³/mol.